The Morgan fingerprint density at radius 2 is 2.10 bits per heavy atom. The van der Waals surface area contributed by atoms with Crippen LogP contribution in [-0.4, -0.2) is 36.9 Å². The zero-order valence-electron chi connectivity index (χ0n) is 11.8. The summed E-state index contributed by atoms with van der Waals surface area (Å²) in [5.41, 5.74) is 11.0. The van der Waals surface area contributed by atoms with Gasteiger partial charge in [0.1, 0.15) is 0 Å². The highest BCUT2D eigenvalue weighted by Gasteiger charge is 2.12. The second-order valence-corrected chi connectivity index (χ2v) is 5.53. The number of anilines is 2. The smallest absolute Gasteiger partial charge is 0.253 e. The number of nitrogens with zero attached hydrogens (tertiary/aromatic N) is 3. The molecule has 0 aliphatic heterocycles. The van der Waals surface area contributed by atoms with E-state index in [2.05, 4.69) is 4.98 Å². The average Bonchev–Trinajstić information content (AvgIpc) is 2.90. The Hall–Kier alpha value is -2.08. The van der Waals surface area contributed by atoms with Crippen LogP contribution in [0.2, 0.25) is 0 Å². The third kappa shape index (κ3) is 3.08. The Morgan fingerprint density at radius 1 is 1.35 bits per heavy atom. The first-order chi connectivity index (χ1) is 9.49. The molecule has 0 radical (unpaired) electrons. The normalized spacial score (nSPS) is 10.3. The van der Waals surface area contributed by atoms with Gasteiger partial charge in [-0.3, -0.25) is 4.79 Å². The van der Waals surface area contributed by atoms with E-state index in [0.29, 0.717) is 17.8 Å². The predicted molar refractivity (Wildman–Crippen MR) is 83.1 cm³/mol. The summed E-state index contributed by atoms with van der Waals surface area (Å²) in [5, 5.41) is 2.01. The molecule has 0 spiro atoms. The van der Waals surface area contributed by atoms with Gasteiger partial charge < -0.3 is 15.5 Å². The van der Waals surface area contributed by atoms with Crippen molar-refractivity contribution < 1.29 is 4.79 Å². The first kappa shape index (κ1) is 14.3. The summed E-state index contributed by atoms with van der Waals surface area (Å²) in [4.78, 5) is 19.7. The van der Waals surface area contributed by atoms with E-state index in [1.807, 2.05) is 28.9 Å². The molecule has 2 N–H and O–H groups in total. The topological polar surface area (TPSA) is 62.5 Å². The van der Waals surface area contributed by atoms with Crippen molar-refractivity contribution in [2.24, 2.45) is 0 Å². The second kappa shape index (κ2) is 5.92. The second-order valence-electron chi connectivity index (χ2n) is 4.81. The van der Waals surface area contributed by atoms with Gasteiger partial charge >= 0.3 is 0 Å². The molecule has 0 aliphatic rings. The van der Waals surface area contributed by atoms with Gasteiger partial charge in [-0.2, -0.15) is 0 Å². The highest BCUT2D eigenvalue weighted by Crippen LogP contribution is 2.25. The molecule has 1 aromatic carbocycles. The van der Waals surface area contributed by atoms with Crippen LogP contribution in [0, 0.1) is 0 Å². The zero-order chi connectivity index (χ0) is 14.7. The number of benzene rings is 1. The molecule has 20 heavy (non-hydrogen) atoms. The van der Waals surface area contributed by atoms with E-state index in [1.54, 1.807) is 37.6 Å². The minimum atomic E-state index is -0.0506. The largest absolute Gasteiger partial charge is 0.397 e. The summed E-state index contributed by atoms with van der Waals surface area (Å²) < 4.78 is 0. The van der Waals surface area contributed by atoms with Gasteiger partial charge in [0, 0.05) is 32.1 Å². The highest BCUT2D eigenvalue weighted by atomic mass is 32.1. The Balaban J connectivity index is 2.19. The Bertz CT molecular complexity index is 595. The number of amides is 1. The maximum absolute atomic E-state index is 11.9. The van der Waals surface area contributed by atoms with Crippen molar-refractivity contribution in [3.8, 4) is 0 Å². The first-order valence-electron chi connectivity index (χ1n) is 6.18. The van der Waals surface area contributed by atoms with Crippen molar-refractivity contribution >= 4 is 28.6 Å². The van der Waals surface area contributed by atoms with Crippen molar-refractivity contribution in [1.82, 2.24) is 9.88 Å². The van der Waals surface area contributed by atoms with Crippen LogP contribution in [0.25, 0.3) is 0 Å². The lowest BCUT2D eigenvalue weighted by Gasteiger charge is -2.21. The third-order valence-electron chi connectivity index (χ3n) is 2.97. The van der Waals surface area contributed by atoms with E-state index in [4.69, 9.17) is 5.73 Å². The number of thiazole rings is 1. The molecule has 0 saturated carbocycles. The number of carbonyl (C=O) groups is 1. The SMILES string of the molecule is CN(C)C(=O)c1ccc(N(C)Cc2cscn2)c(N)c1. The molecule has 0 unspecified atom stereocenters. The molecule has 1 heterocycles. The standard InChI is InChI=1S/C14H18N4OS/c1-17(2)14(19)10-4-5-13(12(15)6-10)18(3)7-11-8-20-9-16-11/h4-6,8-9H,7,15H2,1-3H3. The number of hydrogen-bond acceptors (Lipinski definition) is 5. The zero-order valence-corrected chi connectivity index (χ0v) is 12.6. The van der Waals surface area contributed by atoms with Crippen LogP contribution in [0.15, 0.2) is 29.1 Å². The lowest BCUT2D eigenvalue weighted by molar-refractivity contribution is 0.0827. The molecular weight excluding hydrogens is 272 g/mol. The van der Waals surface area contributed by atoms with Crippen LogP contribution < -0.4 is 10.6 Å². The van der Waals surface area contributed by atoms with Crippen LogP contribution >= 0.6 is 11.3 Å². The number of rotatable bonds is 4. The maximum atomic E-state index is 11.9. The summed E-state index contributed by atoms with van der Waals surface area (Å²) in [7, 11) is 5.40. The van der Waals surface area contributed by atoms with Gasteiger partial charge in [0.25, 0.3) is 5.91 Å². The molecule has 0 aliphatic carbocycles. The minimum Gasteiger partial charge on any atom is -0.397 e. The molecule has 106 valence electrons. The fourth-order valence-corrected chi connectivity index (χ4v) is 2.49. The molecule has 2 aromatic rings. The predicted octanol–water partition coefficient (Wildman–Crippen LogP) is 2.06. The van der Waals surface area contributed by atoms with E-state index in [0.717, 1.165) is 11.4 Å². The van der Waals surface area contributed by atoms with E-state index >= 15 is 0 Å². The van der Waals surface area contributed by atoms with Gasteiger partial charge in [-0.05, 0) is 18.2 Å². The van der Waals surface area contributed by atoms with Crippen LogP contribution in [0.5, 0.6) is 0 Å². The van der Waals surface area contributed by atoms with E-state index in [-0.39, 0.29) is 5.91 Å². The first-order valence-corrected chi connectivity index (χ1v) is 7.12. The Labute approximate surface area is 122 Å². The van der Waals surface area contributed by atoms with Crippen molar-refractivity contribution in [3.05, 3.63) is 40.3 Å². The monoisotopic (exact) mass is 290 g/mol. The summed E-state index contributed by atoms with van der Waals surface area (Å²) in [6.45, 7) is 0.689. The van der Waals surface area contributed by atoms with E-state index < -0.39 is 0 Å². The summed E-state index contributed by atoms with van der Waals surface area (Å²) in [5.74, 6) is -0.0506. The van der Waals surface area contributed by atoms with Gasteiger partial charge in [0.2, 0.25) is 0 Å². The Morgan fingerprint density at radius 3 is 2.65 bits per heavy atom. The molecule has 5 nitrogen and oxygen atoms in total. The van der Waals surface area contributed by atoms with Crippen LogP contribution in [-0.2, 0) is 6.54 Å². The van der Waals surface area contributed by atoms with Gasteiger partial charge in [-0.1, -0.05) is 0 Å². The molecule has 0 saturated heterocycles. The average molecular weight is 290 g/mol. The number of hydrogen-bond donors (Lipinski definition) is 1. The summed E-state index contributed by atoms with van der Waals surface area (Å²) in [6, 6.07) is 5.39. The lowest BCUT2D eigenvalue weighted by Crippen LogP contribution is -2.22. The molecule has 0 atom stereocenters. The van der Waals surface area contributed by atoms with Crippen LogP contribution in [0.1, 0.15) is 16.1 Å². The number of nitrogen functional groups attached to an aromatic ring is 1. The number of nitrogens with two attached hydrogens (primary N) is 1. The highest BCUT2D eigenvalue weighted by molar-refractivity contribution is 7.07. The molecular formula is C14H18N4OS. The molecule has 0 bridgehead atoms. The summed E-state index contributed by atoms with van der Waals surface area (Å²) in [6.07, 6.45) is 0. The van der Waals surface area contributed by atoms with E-state index in [9.17, 15) is 4.79 Å². The van der Waals surface area contributed by atoms with Crippen molar-refractivity contribution in [3.63, 3.8) is 0 Å². The third-order valence-corrected chi connectivity index (χ3v) is 3.61. The van der Waals surface area contributed by atoms with Crippen molar-refractivity contribution in [2.45, 2.75) is 6.54 Å². The minimum absolute atomic E-state index is 0.0506. The van der Waals surface area contributed by atoms with Crippen molar-refractivity contribution in [1.29, 1.82) is 0 Å². The van der Waals surface area contributed by atoms with Gasteiger partial charge in [-0.25, -0.2) is 4.98 Å². The fraction of sp³-hybridized carbons (Fsp3) is 0.286. The van der Waals surface area contributed by atoms with Crippen molar-refractivity contribution in [2.75, 3.05) is 31.8 Å². The molecule has 2 rings (SSSR count). The lowest BCUT2D eigenvalue weighted by atomic mass is 10.1. The quantitative estimate of drug-likeness (QED) is 0.876. The number of carbonyl (C=O) groups excluding carboxylic acids is 1. The number of aromatic nitrogens is 1. The fourth-order valence-electron chi connectivity index (χ4n) is 1.94. The molecule has 1 amide bonds. The van der Waals surface area contributed by atoms with Gasteiger partial charge in [0.05, 0.1) is 29.1 Å². The molecule has 0 fully saturated rings. The maximum Gasteiger partial charge on any atom is 0.253 e. The Kier molecular flexibility index (Phi) is 4.24. The van der Waals surface area contributed by atoms with Gasteiger partial charge in [-0.15, -0.1) is 11.3 Å². The molecule has 6 heteroatoms. The van der Waals surface area contributed by atoms with Crippen LogP contribution in [0.3, 0.4) is 0 Å². The van der Waals surface area contributed by atoms with Crippen LogP contribution in [0.4, 0.5) is 11.4 Å². The van der Waals surface area contributed by atoms with E-state index in [1.165, 1.54) is 4.90 Å². The molecule has 1 aromatic heterocycles. The van der Waals surface area contributed by atoms with Gasteiger partial charge in [0.15, 0.2) is 0 Å². The summed E-state index contributed by atoms with van der Waals surface area (Å²) >= 11 is 1.57.